The molecule has 2 aliphatic heterocycles. The molecule has 4 rings (SSSR count). The molecule has 1 fully saturated rings. The van der Waals surface area contributed by atoms with Crippen LogP contribution in [-0.2, 0) is 19.7 Å². The molecular weight excluding hydrogens is 543 g/mol. The molecule has 1 N–H and O–H groups in total. The SMILES string of the molecule is C=C(Br)[C@@H]1NC(=O)C[C@H](c2cccc(Cl)c2)[C@@]12C(=O)N(C(=O)OC(C)(C)C)c1cc(Cl)ccc12. The van der Waals surface area contributed by atoms with E-state index in [1.807, 2.05) is 6.07 Å². The third-order valence-corrected chi connectivity index (χ3v) is 6.97. The number of nitrogens with zero attached hydrogens (tertiary/aromatic N) is 1. The first kappa shape index (κ1) is 24.8. The van der Waals surface area contributed by atoms with Gasteiger partial charge in [0.1, 0.15) is 11.0 Å². The van der Waals surface area contributed by atoms with Crippen LogP contribution in [0.5, 0.6) is 0 Å². The van der Waals surface area contributed by atoms with E-state index < -0.39 is 35.0 Å². The first-order chi connectivity index (χ1) is 15.9. The fraction of sp³-hybridized carbons (Fsp3) is 0.320. The van der Waals surface area contributed by atoms with Crippen molar-refractivity contribution in [2.75, 3.05) is 4.90 Å². The zero-order chi connectivity index (χ0) is 25.0. The molecule has 1 saturated heterocycles. The van der Waals surface area contributed by atoms with Gasteiger partial charge in [-0.15, -0.1) is 0 Å². The second-order valence-corrected chi connectivity index (χ2v) is 11.3. The second-order valence-electron chi connectivity index (χ2n) is 9.41. The highest BCUT2D eigenvalue weighted by Gasteiger charge is 2.65. The Bertz CT molecular complexity index is 1230. The molecule has 2 aliphatic rings. The first-order valence-corrected chi connectivity index (χ1v) is 12.2. The van der Waals surface area contributed by atoms with Gasteiger partial charge in [-0.3, -0.25) is 9.59 Å². The first-order valence-electron chi connectivity index (χ1n) is 10.6. The van der Waals surface area contributed by atoms with Crippen molar-refractivity contribution in [2.24, 2.45) is 0 Å². The number of fused-ring (bicyclic) bond motifs is 2. The molecule has 34 heavy (non-hydrogen) atoms. The van der Waals surface area contributed by atoms with Crippen molar-refractivity contribution < 1.29 is 19.1 Å². The van der Waals surface area contributed by atoms with Gasteiger partial charge in [-0.25, -0.2) is 9.69 Å². The fourth-order valence-electron chi connectivity index (χ4n) is 4.86. The van der Waals surface area contributed by atoms with Crippen LogP contribution in [0.25, 0.3) is 0 Å². The van der Waals surface area contributed by atoms with Gasteiger partial charge in [0.25, 0.3) is 0 Å². The van der Waals surface area contributed by atoms with Crippen LogP contribution in [0.3, 0.4) is 0 Å². The molecule has 0 aromatic heterocycles. The monoisotopic (exact) mass is 564 g/mol. The highest BCUT2D eigenvalue weighted by Crippen LogP contribution is 2.57. The topological polar surface area (TPSA) is 75.7 Å². The maximum Gasteiger partial charge on any atom is 0.421 e. The Morgan fingerprint density at radius 1 is 1.18 bits per heavy atom. The summed E-state index contributed by atoms with van der Waals surface area (Å²) in [7, 11) is 0. The van der Waals surface area contributed by atoms with E-state index in [1.54, 1.807) is 57.2 Å². The van der Waals surface area contributed by atoms with Crippen molar-refractivity contribution >= 4 is 62.7 Å². The molecule has 0 unspecified atom stereocenters. The Kier molecular flexibility index (Phi) is 6.34. The molecule has 2 aromatic rings. The Labute approximate surface area is 216 Å². The van der Waals surface area contributed by atoms with Crippen molar-refractivity contribution in [3.05, 3.63) is 74.7 Å². The quantitative estimate of drug-likeness (QED) is 0.478. The summed E-state index contributed by atoms with van der Waals surface area (Å²) in [4.78, 5) is 41.5. The second kappa shape index (κ2) is 8.70. The number of imide groups is 1. The number of piperidine rings is 1. The number of carbonyl (C=O) groups excluding carboxylic acids is 3. The van der Waals surface area contributed by atoms with Gasteiger partial charge >= 0.3 is 6.09 Å². The number of carbonyl (C=O) groups is 3. The van der Waals surface area contributed by atoms with Crippen LogP contribution in [0.1, 0.15) is 44.2 Å². The summed E-state index contributed by atoms with van der Waals surface area (Å²) in [5.41, 5.74) is -0.675. The average molecular weight is 566 g/mol. The van der Waals surface area contributed by atoms with Gasteiger partial charge in [0.15, 0.2) is 0 Å². The van der Waals surface area contributed by atoms with E-state index in [-0.39, 0.29) is 12.3 Å². The van der Waals surface area contributed by atoms with E-state index in [0.717, 1.165) is 4.90 Å². The number of ether oxygens (including phenoxy) is 1. The van der Waals surface area contributed by atoms with Gasteiger partial charge < -0.3 is 10.1 Å². The fourth-order valence-corrected chi connectivity index (χ4v) is 5.71. The van der Waals surface area contributed by atoms with E-state index in [0.29, 0.717) is 31.3 Å². The van der Waals surface area contributed by atoms with Crippen molar-refractivity contribution in [1.29, 1.82) is 0 Å². The predicted octanol–water partition coefficient (Wildman–Crippen LogP) is 6.09. The molecule has 0 aliphatic carbocycles. The van der Waals surface area contributed by atoms with Crippen LogP contribution in [0.15, 0.2) is 53.5 Å². The standard InChI is InChI=1S/C25H23BrCl2N2O4/c1-13(26)21-25(18(12-20(31)29-21)14-6-5-7-15(27)10-14)17-9-8-16(28)11-19(17)30(22(25)32)23(33)34-24(2,3)4/h5-11,18,21H,1,12H2,2-4H3,(H,29,31)/t18-,21+,25-/m1/s1. The number of halogens is 3. The smallest absolute Gasteiger partial charge is 0.421 e. The molecule has 2 aromatic carbocycles. The van der Waals surface area contributed by atoms with E-state index in [4.69, 9.17) is 27.9 Å². The lowest BCUT2D eigenvalue weighted by molar-refractivity contribution is -0.131. The van der Waals surface area contributed by atoms with Crippen LogP contribution in [-0.4, -0.2) is 29.6 Å². The number of benzene rings is 2. The van der Waals surface area contributed by atoms with Gasteiger partial charge in [-0.2, -0.15) is 0 Å². The Morgan fingerprint density at radius 2 is 1.85 bits per heavy atom. The summed E-state index contributed by atoms with van der Waals surface area (Å²) in [6.45, 7) is 9.16. The third kappa shape index (κ3) is 4.04. The molecule has 9 heteroatoms. The number of amides is 3. The molecule has 1 spiro atoms. The van der Waals surface area contributed by atoms with Crippen LogP contribution < -0.4 is 10.2 Å². The molecule has 3 amide bonds. The minimum atomic E-state index is -1.39. The summed E-state index contributed by atoms with van der Waals surface area (Å²) in [6.07, 6.45) is -0.814. The van der Waals surface area contributed by atoms with Gasteiger partial charge in [0.2, 0.25) is 11.8 Å². The zero-order valence-electron chi connectivity index (χ0n) is 18.8. The molecule has 0 radical (unpaired) electrons. The third-order valence-electron chi connectivity index (χ3n) is 6.04. The maximum absolute atomic E-state index is 14.4. The van der Waals surface area contributed by atoms with E-state index >= 15 is 0 Å². The Balaban J connectivity index is 2.02. The number of nitrogens with one attached hydrogen (secondary N) is 1. The van der Waals surface area contributed by atoms with Crippen molar-refractivity contribution in [3.8, 4) is 0 Å². The number of anilines is 1. The molecular formula is C25H23BrCl2N2O4. The summed E-state index contributed by atoms with van der Waals surface area (Å²) in [5.74, 6) is -1.42. The number of rotatable bonds is 2. The van der Waals surface area contributed by atoms with E-state index in [2.05, 4.69) is 27.8 Å². The van der Waals surface area contributed by atoms with Crippen LogP contribution in [0.2, 0.25) is 10.0 Å². The summed E-state index contributed by atoms with van der Waals surface area (Å²) < 4.78 is 5.98. The maximum atomic E-state index is 14.4. The van der Waals surface area contributed by atoms with Crippen molar-refractivity contribution in [2.45, 2.75) is 50.2 Å². The van der Waals surface area contributed by atoms with E-state index in [9.17, 15) is 14.4 Å². The highest BCUT2D eigenvalue weighted by molar-refractivity contribution is 9.11. The summed E-state index contributed by atoms with van der Waals surface area (Å²) >= 11 is 16.0. The Hall–Kier alpha value is -2.35. The molecule has 2 heterocycles. The minimum absolute atomic E-state index is 0.00703. The molecule has 0 saturated carbocycles. The van der Waals surface area contributed by atoms with Crippen LogP contribution in [0.4, 0.5) is 10.5 Å². The minimum Gasteiger partial charge on any atom is -0.443 e. The molecule has 6 nitrogen and oxygen atoms in total. The lowest BCUT2D eigenvalue weighted by Gasteiger charge is -2.46. The van der Waals surface area contributed by atoms with Gasteiger partial charge in [0.05, 0.1) is 11.7 Å². The molecule has 0 bridgehead atoms. The van der Waals surface area contributed by atoms with Crippen molar-refractivity contribution in [1.82, 2.24) is 5.32 Å². The van der Waals surface area contributed by atoms with Crippen LogP contribution in [0, 0.1) is 0 Å². The predicted molar refractivity (Wildman–Crippen MR) is 136 cm³/mol. The zero-order valence-corrected chi connectivity index (χ0v) is 21.9. The van der Waals surface area contributed by atoms with Gasteiger partial charge in [-0.05, 0) is 56.2 Å². The van der Waals surface area contributed by atoms with Gasteiger partial charge in [-0.1, -0.05) is 63.9 Å². The number of hydrogen-bond acceptors (Lipinski definition) is 4. The van der Waals surface area contributed by atoms with Crippen LogP contribution >= 0.6 is 39.1 Å². The molecule has 178 valence electrons. The lowest BCUT2D eigenvalue weighted by atomic mass is 9.60. The lowest BCUT2D eigenvalue weighted by Crippen LogP contribution is -2.63. The molecule has 3 atom stereocenters. The average Bonchev–Trinajstić information content (AvgIpc) is 2.96. The summed E-state index contributed by atoms with van der Waals surface area (Å²) in [6, 6.07) is 11.1. The summed E-state index contributed by atoms with van der Waals surface area (Å²) in [5, 5.41) is 3.73. The normalized spacial score (nSPS) is 24.1. The Morgan fingerprint density at radius 3 is 2.47 bits per heavy atom. The largest absolute Gasteiger partial charge is 0.443 e. The van der Waals surface area contributed by atoms with Crippen molar-refractivity contribution in [3.63, 3.8) is 0 Å². The highest BCUT2D eigenvalue weighted by atomic mass is 79.9. The number of hydrogen-bond donors (Lipinski definition) is 1. The van der Waals surface area contributed by atoms with Gasteiger partial charge in [0, 0.05) is 26.9 Å². The van der Waals surface area contributed by atoms with E-state index in [1.165, 1.54) is 0 Å².